The van der Waals surface area contributed by atoms with Gasteiger partial charge in [-0.2, -0.15) is 0 Å². The van der Waals surface area contributed by atoms with E-state index in [9.17, 15) is 0 Å². The maximum Gasteiger partial charge on any atom is 0.196 e. The summed E-state index contributed by atoms with van der Waals surface area (Å²) in [5, 5.41) is 13.9. The number of aromatic amines is 1. The van der Waals surface area contributed by atoms with E-state index < -0.39 is 0 Å². The van der Waals surface area contributed by atoms with Crippen LogP contribution in [0, 0.1) is 6.92 Å². The molecule has 2 heterocycles. The Balaban J connectivity index is 2.10. The van der Waals surface area contributed by atoms with Crippen molar-refractivity contribution in [3.05, 3.63) is 48.2 Å². The number of hydrogen-bond acceptors (Lipinski definition) is 3. The summed E-state index contributed by atoms with van der Waals surface area (Å²) in [6.45, 7) is 2.07. The number of hydrogen-bond donors (Lipinski definition) is 1. The van der Waals surface area contributed by atoms with Crippen molar-refractivity contribution in [1.29, 1.82) is 0 Å². The molecule has 0 amide bonds. The van der Waals surface area contributed by atoms with Crippen LogP contribution in [0.1, 0.15) is 5.56 Å². The third-order valence-electron chi connectivity index (χ3n) is 2.65. The van der Waals surface area contributed by atoms with Crippen LogP contribution in [-0.2, 0) is 0 Å². The molecule has 1 aromatic carbocycles. The van der Waals surface area contributed by atoms with E-state index in [0.717, 1.165) is 11.4 Å². The van der Waals surface area contributed by atoms with Gasteiger partial charge in [0, 0.05) is 11.9 Å². The average Bonchev–Trinajstić information content (AvgIpc) is 3.00. The van der Waals surface area contributed by atoms with Gasteiger partial charge in [-0.15, -0.1) is 5.10 Å². The van der Waals surface area contributed by atoms with Crippen molar-refractivity contribution in [3.8, 4) is 17.2 Å². The lowest BCUT2D eigenvalue weighted by Gasteiger charge is -2.07. The fourth-order valence-corrected chi connectivity index (χ4v) is 1.77. The molecule has 0 aliphatic heterocycles. The van der Waals surface area contributed by atoms with Crippen LogP contribution in [0.4, 0.5) is 0 Å². The number of aromatic nitrogens is 5. The van der Waals surface area contributed by atoms with Crippen LogP contribution in [0.5, 0.6) is 0 Å². The predicted molar refractivity (Wildman–Crippen MR) is 63.7 cm³/mol. The highest BCUT2D eigenvalue weighted by molar-refractivity contribution is 5.54. The lowest BCUT2D eigenvalue weighted by atomic mass is 10.2. The molecule has 0 aliphatic rings. The number of nitrogens with zero attached hydrogens (tertiary/aromatic N) is 4. The normalized spacial score (nSPS) is 10.6. The summed E-state index contributed by atoms with van der Waals surface area (Å²) in [5.41, 5.74) is 3.27. The molecule has 5 heteroatoms. The molecule has 0 spiro atoms. The highest BCUT2D eigenvalue weighted by Crippen LogP contribution is 2.20. The Kier molecular flexibility index (Phi) is 2.22. The monoisotopic (exact) mass is 225 g/mol. The molecule has 1 N–H and O–H groups in total. The smallest absolute Gasteiger partial charge is 0.196 e. The summed E-state index contributed by atoms with van der Waals surface area (Å²) in [6, 6.07) is 12.3. The molecule has 0 unspecified atom stereocenters. The van der Waals surface area contributed by atoms with Crippen molar-refractivity contribution < 1.29 is 0 Å². The standard InChI is InChI=1S/C12H11N5/c1-9-4-6-10(7-5-9)17-8-2-3-11(17)12-13-15-16-14-12/h2-8H,1H3,(H,13,14,15,16). The maximum atomic E-state index is 3.92. The zero-order chi connectivity index (χ0) is 11.7. The van der Waals surface area contributed by atoms with E-state index in [1.807, 2.05) is 22.9 Å². The van der Waals surface area contributed by atoms with Crippen LogP contribution in [0.2, 0.25) is 0 Å². The first-order chi connectivity index (χ1) is 8.34. The second-order valence-corrected chi connectivity index (χ2v) is 3.85. The van der Waals surface area contributed by atoms with Crippen LogP contribution >= 0.6 is 0 Å². The zero-order valence-corrected chi connectivity index (χ0v) is 9.33. The van der Waals surface area contributed by atoms with Crippen LogP contribution in [0.3, 0.4) is 0 Å². The van der Waals surface area contributed by atoms with Crippen LogP contribution in [0.25, 0.3) is 17.2 Å². The van der Waals surface area contributed by atoms with Gasteiger partial charge < -0.3 is 4.57 Å². The van der Waals surface area contributed by atoms with Crippen LogP contribution in [0.15, 0.2) is 42.6 Å². The number of H-pyrrole nitrogens is 1. The summed E-state index contributed by atoms with van der Waals surface area (Å²) >= 11 is 0. The highest BCUT2D eigenvalue weighted by Gasteiger charge is 2.08. The van der Waals surface area contributed by atoms with Gasteiger partial charge in [0.05, 0.1) is 5.69 Å². The molecule has 0 saturated heterocycles. The summed E-state index contributed by atoms with van der Waals surface area (Å²) in [7, 11) is 0. The van der Waals surface area contributed by atoms with Gasteiger partial charge in [-0.25, -0.2) is 5.10 Å². The minimum atomic E-state index is 0.663. The highest BCUT2D eigenvalue weighted by atomic mass is 15.5. The molecule has 0 fully saturated rings. The van der Waals surface area contributed by atoms with E-state index in [0.29, 0.717) is 5.82 Å². The Labute approximate surface area is 98.1 Å². The van der Waals surface area contributed by atoms with Gasteiger partial charge in [-0.3, -0.25) is 0 Å². The number of nitrogens with one attached hydrogen (secondary N) is 1. The molecule has 5 nitrogen and oxygen atoms in total. The van der Waals surface area contributed by atoms with Crippen molar-refractivity contribution in [2.75, 3.05) is 0 Å². The van der Waals surface area contributed by atoms with Gasteiger partial charge in [0.15, 0.2) is 5.82 Å². The summed E-state index contributed by atoms with van der Waals surface area (Å²) in [4.78, 5) is 0. The third-order valence-corrected chi connectivity index (χ3v) is 2.65. The molecule has 2 aromatic heterocycles. The van der Waals surface area contributed by atoms with E-state index in [-0.39, 0.29) is 0 Å². The topological polar surface area (TPSA) is 59.4 Å². The van der Waals surface area contributed by atoms with E-state index in [1.54, 1.807) is 0 Å². The fraction of sp³-hybridized carbons (Fsp3) is 0.0833. The van der Waals surface area contributed by atoms with E-state index >= 15 is 0 Å². The SMILES string of the molecule is Cc1ccc(-n2cccc2-c2nnn[nH]2)cc1. The minimum Gasteiger partial charge on any atom is -0.314 e. The molecule has 0 radical (unpaired) electrons. The quantitative estimate of drug-likeness (QED) is 0.725. The minimum absolute atomic E-state index is 0.663. The molecular weight excluding hydrogens is 214 g/mol. The molecule has 84 valence electrons. The Morgan fingerprint density at radius 3 is 2.65 bits per heavy atom. The lowest BCUT2D eigenvalue weighted by molar-refractivity contribution is 0.881. The van der Waals surface area contributed by atoms with Crippen LogP contribution in [-0.4, -0.2) is 25.2 Å². The van der Waals surface area contributed by atoms with Gasteiger partial charge in [0.25, 0.3) is 0 Å². The first-order valence-corrected chi connectivity index (χ1v) is 5.33. The lowest BCUT2D eigenvalue weighted by Crippen LogP contribution is -1.96. The first-order valence-electron chi connectivity index (χ1n) is 5.33. The largest absolute Gasteiger partial charge is 0.314 e. The molecule has 0 saturated carbocycles. The second-order valence-electron chi connectivity index (χ2n) is 3.85. The molecule has 17 heavy (non-hydrogen) atoms. The number of rotatable bonds is 2. The fourth-order valence-electron chi connectivity index (χ4n) is 1.77. The Hall–Kier alpha value is -2.43. The maximum absolute atomic E-state index is 3.92. The van der Waals surface area contributed by atoms with Gasteiger partial charge in [0.2, 0.25) is 0 Å². The summed E-state index contributed by atoms with van der Waals surface area (Å²) in [5.74, 6) is 0.663. The number of benzene rings is 1. The van der Waals surface area contributed by atoms with Crippen molar-refractivity contribution in [2.24, 2.45) is 0 Å². The summed E-state index contributed by atoms with van der Waals surface area (Å²) < 4.78 is 2.04. The Bertz CT molecular complexity index is 607. The third kappa shape index (κ3) is 1.71. The van der Waals surface area contributed by atoms with Crippen LogP contribution < -0.4 is 0 Å². The van der Waals surface area contributed by atoms with Gasteiger partial charge >= 0.3 is 0 Å². The molecule has 3 rings (SSSR count). The van der Waals surface area contributed by atoms with E-state index in [4.69, 9.17) is 0 Å². The van der Waals surface area contributed by atoms with E-state index in [1.165, 1.54) is 5.56 Å². The first kappa shape index (κ1) is 9.77. The Morgan fingerprint density at radius 2 is 1.94 bits per heavy atom. The van der Waals surface area contributed by atoms with Gasteiger partial charge in [-0.1, -0.05) is 17.7 Å². The van der Waals surface area contributed by atoms with Gasteiger partial charge in [0.1, 0.15) is 0 Å². The molecular formula is C12H11N5. The average molecular weight is 225 g/mol. The molecule has 3 aromatic rings. The van der Waals surface area contributed by atoms with Crippen molar-refractivity contribution in [2.45, 2.75) is 6.92 Å². The second kappa shape index (κ2) is 3.86. The summed E-state index contributed by atoms with van der Waals surface area (Å²) in [6.07, 6.45) is 1.99. The zero-order valence-electron chi connectivity index (χ0n) is 9.33. The molecule has 0 bridgehead atoms. The van der Waals surface area contributed by atoms with Crippen molar-refractivity contribution in [3.63, 3.8) is 0 Å². The number of aryl methyl sites for hydroxylation is 1. The molecule has 0 atom stereocenters. The Morgan fingerprint density at radius 1 is 1.12 bits per heavy atom. The predicted octanol–water partition coefficient (Wildman–Crippen LogP) is 1.97. The number of tetrazole rings is 1. The van der Waals surface area contributed by atoms with Gasteiger partial charge in [-0.05, 0) is 41.6 Å². The van der Waals surface area contributed by atoms with Crippen molar-refractivity contribution in [1.82, 2.24) is 25.2 Å². The molecule has 0 aliphatic carbocycles. The van der Waals surface area contributed by atoms with Crippen molar-refractivity contribution >= 4 is 0 Å². The van der Waals surface area contributed by atoms with E-state index in [2.05, 4.69) is 51.8 Å².